The van der Waals surface area contributed by atoms with Crippen LogP contribution in [0.2, 0.25) is 0 Å². The zero-order chi connectivity index (χ0) is 20.1. The van der Waals surface area contributed by atoms with Crippen LogP contribution >= 0.6 is 0 Å². The molecule has 0 radical (unpaired) electrons. The van der Waals surface area contributed by atoms with Crippen molar-refractivity contribution in [3.05, 3.63) is 54.0 Å². The van der Waals surface area contributed by atoms with Crippen molar-refractivity contribution in [2.24, 2.45) is 11.8 Å². The molecule has 1 aromatic carbocycles. The predicted octanol–water partition coefficient (Wildman–Crippen LogP) is 1.33. The van der Waals surface area contributed by atoms with Gasteiger partial charge in [-0.2, -0.15) is 0 Å². The zero-order valence-corrected chi connectivity index (χ0v) is 16.0. The second kappa shape index (κ2) is 6.60. The third kappa shape index (κ3) is 2.57. The summed E-state index contributed by atoms with van der Waals surface area (Å²) in [6, 6.07) is 10.2. The van der Waals surface area contributed by atoms with E-state index in [4.69, 9.17) is 9.15 Å². The summed E-state index contributed by atoms with van der Waals surface area (Å²) in [4.78, 5) is 40.7. The molecule has 2 aromatic rings. The first-order valence-electron chi connectivity index (χ1n) is 9.39. The molecule has 0 bridgehead atoms. The lowest BCUT2D eigenvalue weighted by atomic mass is 9.81. The first-order chi connectivity index (χ1) is 13.4. The molecule has 1 aromatic heterocycles. The minimum Gasteiger partial charge on any atom is -0.463 e. The van der Waals surface area contributed by atoms with E-state index in [2.05, 4.69) is 0 Å². The fourth-order valence-electron chi connectivity index (χ4n) is 4.43. The summed E-state index contributed by atoms with van der Waals surface area (Å²) in [5, 5.41) is 1.75. The van der Waals surface area contributed by atoms with E-state index in [1.165, 1.54) is 11.2 Å². The van der Waals surface area contributed by atoms with Crippen molar-refractivity contribution < 1.29 is 28.9 Å². The topological polar surface area (TPSA) is 93.4 Å². The lowest BCUT2D eigenvalue weighted by molar-refractivity contribution is -0.732. The summed E-state index contributed by atoms with van der Waals surface area (Å²) >= 11 is 0. The number of carbonyl (C=O) groups is 3. The standard InChI is InChI=1S/C21H22N2O5/c1-4-27-20(26)21(3)16-15(17(22-21)14-6-5-11-28-14)18(24)23(19(16)25)13-9-7-12(2)8-10-13/h5-11,15-17,22H,4H2,1-3H3/p+1/t15-,16+,17-,21+/m0/s1. The Hall–Kier alpha value is -2.93. The van der Waals surface area contributed by atoms with Gasteiger partial charge in [0.05, 0.1) is 18.6 Å². The number of ether oxygens (including phenoxy) is 1. The van der Waals surface area contributed by atoms with Gasteiger partial charge in [-0.1, -0.05) is 17.7 Å². The Balaban J connectivity index is 1.80. The zero-order valence-electron chi connectivity index (χ0n) is 16.0. The Kier molecular flexibility index (Phi) is 4.34. The van der Waals surface area contributed by atoms with Crippen LogP contribution in [0.4, 0.5) is 5.69 Å². The highest BCUT2D eigenvalue weighted by molar-refractivity contribution is 6.23. The largest absolute Gasteiger partial charge is 0.463 e. The Morgan fingerprint density at radius 1 is 1.21 bits per heavy atom. The van der Waals surface area contributed by atoms with E-state index in [9.17, 15) is 14.4 Å². The van der Waals surface area contributed by atoms with Gasteiger partial charge in [-0.25, -0.2) is 9.69 Å². The molecule has 2 saturated heterocycles. The average Bonchev–Trinajstić information content (AvgIpc) is 3.35. The summed E-state index contributed by atoms with van der Waals surface area (Å²) in [7, 11) is 0. The maximum atomic E-state index is 13.4. The number of benzene rings is 1. The van der Waals surface area contributed by atoms with Gasteiger partial charge in [0.1, 0.15) is 11.8 Å². The van der Waals surface area contributed by atoms with E-state index in [0.29, 0.717) is 11.4 Å². The SMILES string of the molecule is CCOC(=O)[C@]1(C)[NH2+][C@@H](c2ccco2)[C@H]2C(=O)N(c3ccc(C)cc3)C(=O)[C@@H]21. The van der Waals surface area contributed by atoms with Crippen LogP contribution in [0, 0.1) is 18.8 Å². The van der Waals surface area contributed by atoms with Crippen molar-refractivity contribution in [2.75, 3.05) is 11.5 Å². The van der Waals surface area contributed by atoms with E-state index in [-0.39, 0.29) is 18.4 Å². The van der Waals surface area contributed by atoms with Gasteiger partial charge < -0.3 is 14.5 Å². The molecule has 2 fully saturated rings. The van der Waals surface area contributed by atoms with Crippen LogP contribution in [0.3, 0.4) is 0 Å². The Labute approximate surface area is 162 Å². The summed E-state index contributed by atoms with van der Waals surface area (Å²) < 4.78 is 10.8. The summed E-state index contributed by atoms with van der Waals surface area (Å²) in [6.45, 7) is 5.54. The third-order valence-corrected chi connectivity index (χ3v) is 5.79. The Bertz CT molecular complexity index is 921. The normalized spacial score (nSPS) is 29.2. The van der Waals surface area contributed by atoms with Gasteiger partial charge in [0.15, 0.2) is 11.8 Å². The maximum absolute atomic E-state index is 13.4. The molecule has 28 heavy (non-hydrogen) atoms. The molecule has 3 heterocycles. The molecule has 146 valence electrons. The molecule has 2 N–H and O–H groups in total. The lowest BCUT2D eigenvalue weighted by Crippen LogP contribution is -2.97. The minimum atomic E-state index is -1.20. The molecule has 2 amide bonds. The predicted molar refractivity (Wildman–Crippen MR) is 99.1 cm³/mol. The van der Waals surface area contributed by atoms with Crippen molar-refractivity contribution in [3.63, 3.8) is 0 Å². The van der Waals surface area contributed by atoms with Gasteiger partial charge in [0.2, 0.25) is 17.4 Å². The van der Waals surface area contributed by atoms with Crippen molar-refractivity contribution in [1.29, 1.82) is 0 Å². The molecule has 0 saturated carbocycles. The molecule has 0 aliphatic carbocycles. The second-order valence-corrected chi connectivity index (χ2v) is 7.56. The number of esters is 1. The number of amides is 2. The Morgan fingerprint density at radius 2 is 1.93 bits per heavy atom. The van der Waals surface area contributed by atoms with Crippen molar-refractivity contribution >= 4 is 23.5 Å². The van der Waals surface area contributed by atoms with Gasteiger partial charge in [0, 0.05) is 6.92 Å². The monoisotopic (exact) mass is 383 g/mol. The van der Waals surface area contributed by atoms with Crippen LogP contribution in [-0.4, -0.2) is 29.9 Å². The molecule has 4 atom stereocenters. The molecule has 4 rings (SSSR count). The fraction of sp³-hybridized carbons (Fsp3) is 0.381. The first kappa shape index (κ1) is 18.4. The number of nitrogens with zero attached hydrogens (tertiary/aromatic N) is 1. The van der Waals surface area contributed by atoms with Gasteiger partial charge >= 0.3 is 5.97 Å². The first-order valence-corrected chi connectivity index (χ1v) is 9.39. The van der Waals surface area contributed by atoms with Crippen molar-refractivity contribution in [2.45, 2.75) is 32.4 Å². The highest BCUT2D eigenvalue weighted by Crippen LogP contribution is 2.45. The van der Waals surface area contributed by atoms with E-state index < -0.39 is 29.4 Å². The number of fused-ring (bicyclic) bond motifs is 1. The minimum absolute atomic E-state index is 0.203. The highest BCUT2D eigenvalue weighted by Gasteiger charge is 2.71. The number of rotatable bonds is 4. The van der Waals surface area contributed by atoms with Gasteiger partial charge in [0.25, 0.3) is 0 Å². The number of aryl methyl sites for hydroxylation is 1. The lowest BCUT2D eigenvalue weighted by Gasteiger charge is -2.25. The van der Waals surface area contributed by atoms with Crippen LogP contribution in [-0.2, 0) is 19.1 Å². The number of carbonyl (C=O) groups excluding carboxylic acids is 3. The quantitative estimate of drug-likeness (QED) is 0.635. The number of anilines is 1. The number of imide groups is 1. The van der Waals surface area contributed by atoms with E-state index >= 15 is 0 Å². The number of hydrogen-bond donors (Lipinski definition) is 1. The summed E-state index contributed by atoms with van der Waals surface area (Å²) in [6.07, 6.45) is 1.52. The van der Waals surface area contributed by atoms with Crippen LogP contribution in [0.1, 0.15) is 31.2 Å². The smallest absolute Gasteiger partial charge is 0.368 e. The molecule has 2 aliphatic heterocycles. The fourth-order valence-corrected chi connectivity index (χ4v) is 4.43. The molecule has 0 unspecified atom stereocenters. The van der Waals surface area contributed by atoms with Crippen molar-refractivity contribution in [3.8, 4) is 0 Å². The molecule has 7 heteroatoms. The number of nitrogens with two attached hydrogens (primary N) is 1. The van der Waals surface area contributed by atoms with Gasteiger partial charge in [-0.15, -0.1) is 0 Å². The van der Waals surface area contributed by atoms with Gasteiger partial charge in [-0.3, -0.25) is 9.59 Å². The molecule has 2 aliphatic rings. The van der Waals surface area contributed by atoms with Crippen LogP contribution in [0.15, 0.2) is 47.1 Å². The molecular weight excluding hydrogens is 360 g/mol. The number of furan rings is 1. The maximum Gasteiger partial charge on any atom is 0.368 e. The summed E-state index contributed by atoms with van der Waals surface area (Å²) in [5.41, 5.74) is 0.338. The number of hydrogen-bond acceptors (Lipinski definition) is 5. The molecule has 0 spiro atoms. The van der Waals surface area contributed by atoms with Crippen molar-refractivity contribution in [1.82, 2.24) is 0 Å². The van der Waals surface area contributed by atoms with Crippen LogP contribution in [0.25, 0.3) is 0 Å². The highest BCUT2D eigenvalue weighted by atomic mass is 16.5. The van der Waals surface area contributed by atoms with Gasteiger partial charge in [-0.05, 0) is 38.1 Å². The molecular formula is C21H23N2O5+. The number of quaternary nitrogens is 1. The van der Waals surface area contributed by atoms with E-state index in [1.54, 1.807) is 43.4 Å². The average molecular weight is 383 g/mol. The van der Waals surface area contributed by atoms with E-state index in [1.807, 2.05) is 19.1 Å². The second-order valence-electron chi connectivity index (χ2n) is 7.56. The van der Waals surface area contributed by atoms with E-state index in [0.717, 1.165) is 5.56 Å². The molecule has 7 nitrogen and oxygen atoms in total. The van der Waals surface area contributed by atoms with Crippen LogP contribution in [0.5, 0.6) is 0 Å². The Morgan fingerprint density at radius 3 is 2.54 bits per heavy atom. The third-order valence-electron chi connectivity index (χ3n) is 5.79. The van der Waals surface area contributed by atoms with Crippen LogP contribution < -0.4 is 10.2 Å². The summed E-state index contributed by atoms with van der Waals surface area (Å²) in [5.74, 6) is -2.14.